The molecule has 19 heteroatoms. The monoisotopic (exact) mass is 1550 g/mol. The number of carbonyl (C=O) groups is 4. The third kappa shape index (κ3) is 80.1. The van der Waals surface area contributed by atoms with Crippen molar-refractivity contribution in [3.63, 3.8) is 0 Å². The van der Waals surface area contributed by atoms with E-state index in [4.69, 9.17) is 37.0 Å². The van der Waals surface area contributed by atoms with Crippen LogP contribution < -0.4 is 0 Å². The minimum Gasteiger partial charge on any atom is -0.462 e. The largest absolute Gasteiger partial charge is 0.472 e. The lowest BCUT2D eigenvalue weighted by molar-refractivity contribution is -0.161. The van der Waals surface area contributed by atoms with E-state index >= 15 is 0 Å². The number of phosphoric acid groups is 2. The molecule has 3 N–H and O–H groups in total. The van der Waals surface area contributed by atoms with Crippen LogP contribution in [-0.2, 0) is 65.4 Å². The number of rotatable bonds is 88. The van der Waals surface area contributed by atoms with E-state index in [1.54, 1.807) is 0 Å². The van der Waals surface area contributed by atoms with E-state index in [9.17, 15) is 43.2 Å². The van der Waals surface area contributed by atoms with E-state index in [1.165, 1.54) is 308 Å². The number of ether oxygens (including phenoxy) is 4. The number of unbranched alkanes of at least 4 members (excludes halogenated alkanes) is 62. The Balaban J connectivity index is 5.16. The van der Waals surface area contributed by atoms with E-state index in [2.05, 4.69) is 27.7 Å². The SMILES string of the molecule is CCCCCCCCCCCCCCCCCCCCCCCCC(=O)O[C@H](COC(=O)CCCCCCCCCCCCCCCCCCCCCCC)COP(=O)(O)OC[C@@H](O)COP(=O)(O)OC[C@@H](COC(=O)CCCCCCCCCC)OC(=O)CCCCCCCCCCCCCCCCC. The molecule has 0 saturated heterocycles. The average Bonchev–Trinajstić information content (AvgIpc) is 0.903. The first kappa shape index (κ1) is 104. The zero-order valence-corrected chi connectivity index (χ0v) is 71.2. The summed E-state index contributed by atoms with van der Waals surface area (Å²) in [6.45, 7) is 5.03. The van der Waals surface area contributed by atoms with Crippen LogP contribution in [-0.4, -0.2) is 96.7 Å². The second kappa shape index (κ2) is 81.1. The molecule has 0 heterocycles. The Bertz CT molecular complexity index is 2000. The van der Waals surface area contributed by atoms with Gasteiger partial charge in [-0.3, -0.25) is 37.3 Å². The van der Waals surface area contributed by atoms with Gasteiger partial charge in [0.1, 0.15) is 19.3 Å². The predicted molar refractivity (Wildman–Crippen MR) is 437 cm³/mol. The summed E-state index contributed by atoms with van der Waals surface area (Å²) in [6, 6.07) is 0. The van der Waals surface area contributed by atoms with Crippen molar-refractivity contribution in [3.8, 4) is 0 Å². The summed E-state index contributed by atoms with van der Waals surface area (Å²) >= 11 is 0. The van der Waals surface area contributed by atoms with Gasteiger partial charge in [0.2, 0.25) is 0 Å². The summed E-state index contributed by atoms with van der Waals surface area (Å²) in [5.41, 5.74) is 0. The Kier molecular flexibility index (Phi) is 79.6. The van der Waals surface area contributed by atoms with Crippen LogP contribution in [0.2, 0.25) is 0 Å². The van der Waals surface area contributed by atoms with Gasteiger partial charge in [-0.15, -0.1) is 0 Å². The molecule has 0 aromatic carbocycles. The van der Waals surface area contributed by atoms with E-state index in [0.717, 1.165) is 89.9 Å². The van der Waals surface area contributed by atoms with Crippen molar-refractivity contribution in [3.05, 3.63) is 0 Å². The molecule has 0 fully saturated rings. The fraction of sp³-hybridized carbons (Fsp3) is 0.954. The molecule has 0 aliphatic carbocycles. The van der Waals surface area contributed by atoms with Crippen molar-refractivity contribution in [2.75, 3.05) is 39.6 Å². The number of aliphatic hydroxyl groups is 1. The van der Waals surface area contributed by atoms with Gasteiger partial charge in [-0.05, 0) is 25.7 Å². The number of hydrogen-bond acceptors (Lipinski definition) is 15. The number of esters is 4. The van der Waals surface area contributed by atoms with Gasteiger partial charge in [0.15, 0.2) is 12.2 Å². The van der Waals surface area contributed by atoms with Crippen LogP contribution in [0, 0.1) is 0 Å². The van der Waals surface area contributed by atoms with Gasteiger partial charge in [-0.2, -0.15) is 0 Å². The summed E-state index contributed by atoms with van der Waals surface area (Å²) in [5.74, 6) is -2.10. The zero-order chi connectivity index (χ0) is 77.4. The summed E-state index contributed by atoms with van der Waals surface area (Å²) in [5, 5.41) is 10.7. The summed E-state index contributed by atoms with van der Waals surface area (Å²) in [6.07, 6.45) is 76.7. The van der Waals surface area contributed by atoms with E-state index < -0.39 is 97.5 Å². The highest BCUT2D eigenvalue weighted by molar-refractivity contribution is 7.47. The summed E-state index contributed by atoms with van der Waals surface area (Å²) < 4.78 is 68.8. The lowest BCUT2D eigenvalue weighted by Crippen LogP contribution is -2.30. The zero-order valence-electron chi connectivity index (χ0n) is 69.4. The molecular formula is C87H170O17P2. The van der Waals surface area contributed by atoms with Crippen LogP contribution in [0.4, 0.5) is 0 Å². The molecule has 0 spiro atoms. The van der Waals surface area contributed by atoms with E-state index in [0.29, 0.717) is 25.7 Å². The average molecular weight is 1550 g/mol. The standard InChI is InChI=1S/C87H170O17P2/c1-5-9-13-17-21-25-28-31-34-36-38-40-42-44-46-49-52-55-58-62-66-70-74-87(92)104-83(78-98-85(90)72-68-64-60-56-53-50-48-45-43-41-39-37-35-32-29-26-22-18-14-10-6-2)80-102-106(95,96)100-76-81(88)75-99-105(93,94)101-79-82(77-97-84(89)71-67-63-59-24-20-16-12-8-4)103-86(91)73-69-65-61-57-54-51-47-33-30-27-23-19-15-11-7-3/h81-83,88H,5-80H2,1-4H3,(H,93,94)(H,95,96)/t81-,82+,83+/m0/s1. The third-order valence-corrected chi connectivity index (χ3v) is 22.5. The quantitative estimate of drug-likeness (QED) is 0.0222. The lowest BCUT2D eigenvalue weighted by Gasteiger charge is -2.21. The van der Waals surface area contributed by atoms with Crippen LogP contribution in [0.1, 0.15) is 477 Å². The van der Waals surface area contributed by atoms with Crippen molar-refractivity contribution in [1.82, 2.24) is 0 Å². The van der Waals surface area contributed by atoms with Gasteiger partial charge in [-0.25, -0.2) is 9.13 Å². The molecule has 2 unspecified atom stereocenters. The molecule has 0 aliphatic rings. The molecule has 0 aromatic rings. The van der Waals surface area contributed by atoms with Gasteiger partial charge in [0.05, 0.1) is 26.4 Å². The molecule has 0 bridgehead atoms. The molecule has 5 atom stereocenters. The molecule has 0 amide bonds. The molecule has 106 heavy (non-hydrogen) atoms. The molecule has 630 valence electrons. The lowest BCUT2D eigenvalue weighted by atomic mass is 10.0. The highest BCUT2D eigenvalue weighted by atomic mass is 31.2. The molecular weight excluding hydrogens is 1380 g/mol. The number of hydrogen-bond donors (Lipinski definition) is 3. The number of phosphoric ester groups is 2. The van der Waals surface area contributed by atoms with Crippen molar-refractivity contribution in [2.45, 2.75) is 495 Å². The summed E-state index contributed by atoms with van der Waals surface area (Å²) in [7, 11) is -9.92. The van der Waals surface area contributed by atoms with Gasteiger partial charge in [-0.1, -0.05) is 426 Å². The first-order valence-electron chi connectivity index (χ1n) is 45.3. The van der Waals surface area contributed by atoms with Crippen LogP contribution in [0.25, 0.3) is 0 Å². The van der Waals surface area contributed by atoms with Gasteiger partial charge < -0.3 is 33.8 Å². The Morgan fingerprint density at radius 3 is 0.557 bits per heavy atom. The van der Waals surface area contributed by atoms with Crippen LogP contribution >= 0.6 is 15.6 Å². The molecule has 0 saturated carbocycles. The van der Waals surface area contributed by atoms with E-state index in [-0.39, 0.29) is 25.7 Å². The molecule has 0 aromatic heterocycles. The Morgan fingerprint density at radius 2 is 0.377 bits per heavy atom. The topological polar surface area (TPSA) is 237 Å². The van der Waals surface area contributed by atoms with E-state index in [1.807, 2.05) is 0 Å². The Morgan fingerprint density at radius 1 is 0.226 bits per heavy atom. The van der Waals surface area contributed by atoms with Crippen molar-refractivity contribution < 1.29 is 80.2 Å². The van der Waals surface area contributed by atoms with Gasteiger partial charge in [0, 0.05) is 25.7 Å². The maximum atomic E-state index is 13.2. The fourth-order valence-electron chi connectivity index (χ4n) is 13.7. The minimum absolute atomic E-state index is 0.109. The highest BCUT2D eigenvalue weighted by Crippen LogP contribution is 2.45. The van der Waals surface area contributed by atoms with Gasteiger partial charge in [0.25, 0.3) is 0 Å². The second-order valence-electron chi connectivity index (χ2n) is 31.3. The van der Waals surface area contributed by atoms with Crippen LogP contribution in [0.15, 0.2) is 0 Å². The summed E-state index contributed by atoms with van der Waals surface area (Å²) in [4.78, 5) is 73.1. The molecule has 0 radical (unpaired) electrons. The van der Waals surface area contributed by atoms with Crippen molar-refractivity contribution in [2.24, 2.45) is 0 Å². The minimum atomic E-state index is -4.96. The smallest absolute Gasteiger partial charge is 0.462 e. The normalized spacial score (nSPS) is 13.7. The van der Waals surface area contributed by atoms with Crippen LogP contribution in [0.3, 0.4) is 0 Å². The van der Waals surface area contributed by atoms with Crippen molar-refractivity contribution in [1.29, 1.82) is 0 Å². The highest BCUT2D eigenvalue weighted by Gasteiger charge is 2.30. The van der Waals surface area contributed by atoms with Gasteiger partial charge >= 0.3 is 39.5 Å². The third-order valence-electron chi connectivity index (χ3n) is 20.6. The molecule has 17 nitrogen and oxygen atoms in total. The van der Waals surface area contributed by atoms with Crippen molar-refractivity contribution >= 4 is 39.5 Å². The molecule has 0 rings (SSSR count). The first-order valence-corrected chi connectivity index (χ1v) is 48.3. The predicted octanol–water partition coefficient (Wildman–Crippen LogP) is 26.9. The number of aliphatic hydroxyl groups excluding tert-OH is 1. The maximum absolute atomic E-state index is 13.2. The first-order chi connectivity index (χ1) is 51.7. The second-order valence-corrected chi connectivity index (χ2v) is 34.2. The fourth-order valence-corrected chi connectivity index (χ4v) is 15.3. The van der Waals surface area contributed by atoms with Crippen LogP contribution in [0.5, 0.6) is 0 Å². The Labute approximate surface area is 651 Å². The Hall–Kier alpha value is -1.94. The maximum Gasteiger partial charge on any atom is 0.472 e. The molecule has 0 aliphatic heterocycles. The number of carbonyl (C=O) groups excluding carboxylic acids is 4.